The van der Waals surface area contributed by atoms with E-state index in [1.165, 1.54) is 6.07 Å². The van der Waals surface area contributed by atoms with Crippen LogP contribution in [0.1, 0.15) is 16.7 Å². The Bertz CT molecular complexity index is 677. The van der Waals surface area contributed by atoms with Gasteiger partial charge in [0.25, 0.3) is 0 Å². The SMILES string of the molecule is Cc1cc(F)c(-c2nn(C)c(S(C)=O)c2C)cc1C. The predicted molar refractivity (Wildman–Crippen MR) is 75.1 cm³/mol. The maximum Gasteiger partial charge on any atom is 0.132 e. The van der Waals surface area contributed by atoms with Crippen molar-refractivity contribution in [3.8, 4) is 11.3 Å². The van der Waals surface area contributed by atoms with Crippen LogP contribution >= 0.6 is 0 Å². The van der Waals surface area contributed by atoms with E-state index in [9.17, 15) is 8.60 Å². The molecule has 1 aromatic heterocycles. The van der Waals surface area contributed by atoms with Crippen LogP contribution in [0.2, 0.25) is 0 Å². The van der Waals surface area contributed by atoms with Crippen LogP contribution in [0.5, 0.6) is 0 Å². The third kappa shape index (κ3) is 2.34. The molecule has 2 rings (SSSR count). The fourth-order valence-corrected chi connectivity index (χ4v) is 3.18. The molecule has 1 atom stereocenters. The summed E-state index contributed by atoms with van der Waals surface area (Å²) in [5.74, 6) is -0.294. The second kappa shape index (κ2) is 4.89. The number of nitrogens with zero attached hydrogens (tertiary/aromatic N) is 2. The Morgan fingerprint density at radius 1 is 1.21 bits per heavy atom. The first-order valence-corrected chi connectivity index (χ1v) is 7.53. The molecular weight excluding hydrogens is 263 g/mol. The predicted octanol–water partition coefficient (Wildman–Crippen LogP) is 2.89. The molecule has 0 aliphatic heterocycles. The van der Waals surface area contributed by atoms with Crippen molar-refractivity contribution in [2.24, 2.45) is 7.05 Å². The van der Waals surface area contributed by atoms with E-state index >= 15 is 0 Å². The van der Waals surface area contributed by atoms with Crippen LogP contribution in [0, 0.1) is 26.6 Å². The van der Waals surface area contributed by atoms with Crippen LogP contribution in [-0.2, 0) is 17.8 Å². The summed E-state index contributed by atoms with van der Waals surface area (Å²) >= 11 is 0. The summed E-state index contributed by atoms with van der Waals surface area (Å²) < 4.78 is 27.4. The van der Waals surface area contributed by atoms with Gasteiger partial charge in [0.2, 0.25) is 0 Å². The Morgan fingerprint density at radius 3 is 2.32 bits per heavy atom. The summed E-state index contributed by atoms with van der Waals surface area (Å²) in [5.41, 5.74) is 3.72. The number of aryl methyl sites for hydroxylation is 3. The van der Waals surface area contributed by atoms with Crippen molar-refractivity contribution < 1.29 is 8.60 Å². The number of benzene rings is 1. The van der Waals surface area contributed by atoms with Gasteiger partial charge < -0.3 is 0 Å². The summed E-state index contributed by atoms with van der Waals surface area (Å²) in [6.45, 7) is 5.64. The Hall–Kier alpha value is -1.49. The molecule has 0 bridgehead atoms. The monoisotopic (exact) mass is 280 g/mol. The first-order valence-electron chi connectivity index (χ1n) is 5.97. The fraction of sp³-hybridized carbons (Fsp3) is 0.357. The molecule has 1 unspecified atom stereocenters. The summed E-state index contributed by atoms with van der Waals surface area (Å²) in [4.78, 5) is 0. The number of halogens is 1. The molecule has 0 radical (unpaired) electrons. The van der Waals surface area contributed by atoms with Crippen LogP contribution in [0.3, 0.4) is 0 Å². The van der Waals surface area contributed by atoms with Gasteiger partial charge in [0, 0.05) is 24.4 Å². The molecule has 0 saturated heterocycles. The zero-order valence-electron chi connectivity index (χ0n) is 11.7. The average Bonchev–Trinajstić information content (AvgIpc) is 2.59. The van der Waals surface area contributed by atoms with Gasteiger partial charge in [-0.2, -0.15) is 5.10 Å². The standard InChI is InChI=1S/C14H17FN2OS/c1-8-6-11(12(15)7-9(8)2)13-10(3)14(19(5)18)17(4)16-13/h6-7H,1-5H3. The largest absolute Gasteiger partial charge is 0.259 e. The zero-order valence-corrected chi connectivity index (χ0v) is 12.6. The molecule has 0 aliphatic rings. The van der Waals surface area contributed by atoms with Crippen molar-refractivity contribution in [3.63, 3.8) is 0 Å². The highest BCUT2D eigenvalue weighted by atomic mass is 32.2. The van der Waals surface area contributed by atoms with Gasteiger partial charge in [-0.15, -0.1) is 0 Å². The summed E-state index contributed by atoms with van der Waals surface area (Å²) in [7, 11) is 0.585. The molecule has 0 saturated carbocycles. The van der Waals surface area contributed by atoms with Crippen molar-refractivity contribution in [2.75, 3.05) is 6.26 Å². The minimum absolute atomic E-state index is 0.294. The van der Waals surface area contributed by atoms with Crippen LogP contribution in [0.4, 0.5) is 4.39 Å². The van der Waals surface area contributed by atoms with Crippen molar-refractivity contribution in [3.05, 3.63) is 34.6 Å². The van der Waals surface area contributed by atoms with Gasteiger partial charge in [-0.05, 0) is 44.0 Å². The smallest absolute Gasteiger partial charge is 0.132 e. The Labute approximate surface area is 114 Å². The van der Waals surface area contributed by atoms with Gasteiger partial charge in [0.15, 0.2) is 0 Å². The van der Waals surface area contributed by atoms with Crippen molar-refractivity contribution in [1.82, 2.24) is 9.78 Å². The molecule has 1 heterocycles. The van der Waals surface area contributed by atoms with Gasteiger partial charge in [-0.25, -0.2) is 4.39 Å². The van der Waals surface area contributed by atoms with E-state index in [0.29, 0.717) is 16.3 Å². The highest BCUT2D eigenvalue weighted by Crippen LogP contribution is 2.29. The molecule has 0 N–H and O–H groups in total. The van der Waals surface area contributed by atoms with Crippen molar-refractivity contribution >= 4 is 10.8 Å². The van der Waals surface area contributed by atoms with E-state index in [2.05, 4.69) is 5.10 Å². The van der Waals surface area contributed by atoms with Crippen molar-refractivity contribution in [1.29, 1.82) is 0 Å². The quantitative estimate of drug-likeness (QED) is 0.848. The average molecular weight is 280 g/mol. The Balaban J connectivity index is 2.70. The van der Waals surface area contributed by atoms with E-state index in [-0.39, 0.29) is 5.82 Å². The topological polar surface area (TPSA) is 34.9 Å². The van der Waals surface area contributed by atoms with Gasteiger partial charge in [0.05, 0.1) is 16.5 Å². The molecule has 102 valence electrons. The Morgan fingerprint density at radius 2 is 1.79 bits per heavy atom. The Kier molecular flexibility index (Phi) is 3.58. The van der Waals surface area contributed by atoms with Gasteiger partial charge >= 0.3 is 0 Å². The fourth-order valence-electron chi connectivity index (χ4n) is 2.23. The van der Waals surface area contributed by atoms with Crippen LogP contribution in [-0.4, -0.2) is 20.2 Å². The third-order valence-electron chi connectivity index (χ3n) is 3.33. The highest BCUT2D eigenvalue weighted by Gasteiger charge is 2.19. The second-order valence-electron chi connectivity index (χ2n) is 4.77. The normalized spacial score (nSPS) is 12.7. The van der Waals surface area contributed by atoms with E-state index in [1.54, 1.807) is 24.1 Å². The molecule has 3 nitrogen and oxygen atoms in total. The molecule has 2 aromatic rings. The lowest BCUT2D eigenvalue weighted by molar-refractivity contribution is 0.627. The molecular formula is C14H17FN2OS. The van der Waals surface area contributed by atoms with Gasteiger partial charge in [0.1, 0.15) is 10.8 Å². The third-order valence-corrected chi connectivity index (χ3v) is 4.45. The van der Waals surface area contributed by atoms with E-state index in [0.717, 1.165) is 16.7 Å². The van der Waals surface area contributed by atoms with Crippen molar-refractivity contribution in [2.45, 2.75) is 25.8 Å². The number of rotatable bonds is 2. The van der Waals surface area contributed by atoms with Gasteiger partial charge in [-0.1, -0.05) is 0 Å². The maximum atomic E-state index is 14.1. The number of aromatic nitrogens is 2. The minimum Gasteiger partial charge on any atom is -0.259 e. The van der Waals surface area contributed by atoms with Crippen LogP contribution < -0.4 is 0 Å². The molecule has 0 fully saturated rings. The van der Waals surface area contributed by atoms with Crippen LogP contribution in [0.15, 0.2) is 17.2 Å². The molecule has 0 aliphatic carbocycles. The first-order chi connectivity index (χ1) is 8.82. The van der Waals surface area contributed by atoms with Crippen LogP contribution in [0.25, 0.3) is 11.3 Å². The second-order valence-corrected chi connectivity index (χ2v) is 6.07. The summed E-state index contributed by atoms with van der Waals surface area (Å²) in [6, 6.07) is 3.31. The lowest BCUT2D eigenvalue weighted by Gasteiger charge is -2.06. The first kappa shape index (κ1) is 13.9. The van der Waals surface area contributed by atoms with E-state index < -0.39 is 10.8 Å². The molecule has 1 aromatic carbocycles. The highest BCUT2D eigenvalue weighted by molar-refractivity contribution is 7.84. The summed E-state index contributed by atoms with van der Waals surface area (Å²) in [6.07, 6.45) is 1.60. The van der Waals surface area contributed by atoms with E-state index in [1.807, 2.05) is 20.8 Å². The number of hydrogen-bond acceptors (Lipinski definition) is 2. The lowest BCUT2D eigenvalue weighted by atomic mass is 10.0. The van der Waals surface area contributed by atoms with Gasteiger partial charge in [-0.3, -0.25) is 8.89 Å². The molecule has 19 heavy (non-hydrogen) atoms. The molecule has 0 amide bonds. The summed E-state index contributed by atoms with van der Waals surface area (Å²) in [5, 5.41) is 4.95. The lowest BCUT2D eigenvalue weighted by Crippen LogP contribution is -2.00. The minimum atomic E-state index is -1.14. The van der Waals surface area contributed by atoms with E-state index in [4.69, 9.17) is 0 Å². The molecule has 0 spiro atoms. The number of hydrogen-bond donors (Lipinski definition) is 0. The molecule has 5 heteroatoms. The zero-order chi connectivity index (χ0) is 14.3. The maximum absolute atomic E-state index is 14.1.